The highest BCUT2D eigenvalue weighted by Crippen LogP contribution is 2.31. The van der Waals surface area contributed by atoms with Crippen molar-refractivity contribution in [1.82, 2.24) is 5.32 Å². The molecule has 4 nitrogen and oxygen atoms in total. The minimum absolute atomic E-state index is 0.132. The molecular formula is C20H22Cl2N2O2. The Morgan fingerprint density at radius 3 is 2.31 bits per heavy atom. The Morgan fingerprint density at radius 2 is 1.73 bits per heavy atom. The summed E-state index contributed by atoms with van der Waals surface area (Å²) < 4.78 is 0. The fourth-order valence-corrected chi connectivity index (χ4v) is 3.33. The number of halogens is 2. The van der Waals surface area contributed by atoms with Crippen molar-refractivity contribution >= 4 is 40.7 Å². The largest absolute Gasteiger partial charge is 0.352 e. The summed E-state index contributed by atoms with van der Waals surface area (Å²) >= 11 is 12.2. The van der Waals surface area contributed by atoms with Gasteiger partial charge < -0.3 is 10.2 Å². The van der Waals surface area contributed by atoms with Gasteiger partial charge in [-0.1, -0.05) is 41.4 Å². The predicted octanol–water partition coefficient (Wildman–Crippen LogP) is 4.67. The van der Waals surface area contributed by atoms with Gasteiger partial charge in [0, 0.05) is 31.5 Å². The highest BCUT2D eigenvalue weighted by Gasteiger charge is 2.18. The average Bonchev–Trinajstić information content (AvgIpc) is 2.56. The molecule has 0 unspecified atom stereocenters. The van der Waals surface area contributed by atoms with Crippen LogP contribution in [0.1, 0.15) is 30.0 Å². The minimum Gasteiger partial charge on any atom is -0.352 e. The first-order valence-electron chi connectivity index (χ1n) is 8.34. The number of nitrogens with one attached hydrogen (secondary N) is 1. The maximum Gasteiger partial charge on any atom is 0.223 e. The zero-order valence-corrected chi connectivity index (χ0v) is 16.6. The summed E-state index contributed by atoms with van der Waals surface area (Å²) in [7, 11) is 0. The molecule has 138 valence electrons. The van der Waals surface area contributed by atoms with E-state index in [4.69, 9.17) is 23.2 Å². The molecule has 2 aromatic rings. The van der Waals surface area contributed by atoms with Gasteiger partial charge in [-0.05, 0) is 48.7 Å². The van der Waals surface area contributed by atoms with Crippen LogP contribution in [0.2, 0.25) is 10.0 Å². The standard InChI is InChI=1S/C20H22Cl2N2O2/c1-13-10-14(2)20(18(22)11-13)24(15(3)25)9-8-19(26)23-12-16-4-6-17(21)7-5-16/h4-7,10-11H,8-9,12H2,1-3H3,(H,23,26). The molecule has 0 aliphatic rings. The molecule has 0 heterocycles. The summed E-state index contributed by atoms with van der Waals surface area (Å²) in [6.45, 7) is 6.02. The molecule has 2 rings (SSSR count). The van der Waals surface area contributed by atoms with E-state index in [9.17, 15) is 9.59 Å². The summed E-state index contributed by atoms with van der Waals surface area (Å²) in [6.07, 6.45) is 0.191. The highest BCUT2D eigenvalue weighted by atomic mass is 35.5. The van der Waals surface area contributed by atoms with E-state index in [2.05, 4.69) is 5.32 Å². The predicted molar refractivity (Wildman–Crippen MR) is 107 cm³/mol. The van der Waals surface area contributed by atoms with E-state index in [-0.39, 0.29) is 24.8 Å². The van der Waals surface area contributed by atoms with E-state index in [0.717, 1.165) is 16.7 Å². The lowest BCUT2D eigenvalue weighted by molar-refractivity contribution is -0.121. The third-order valence-electron chi connectivity index (χ3n) is 4.01. The van der Waals surface area contributed by atoms with Gasteiger partial charge in [0.2, 0.25) is 11.8 Å². The SMILES string of the molecule is CC(=O)N(CCC(=O)NCc1ccc(Cl)cc1)c1c(C)cc(C)cc1Cl. The van der Waals surface area contributed by atoms with Crippen molar-refractivity contribution in [2.75, 3.05) is 11.4 Å². The summed E-state index contributed by atoms with van der Waals surface area (Å²) in [5, 5.41) is 4.02. The molecule has 2 amide bonds. The first-order chi connectivity index (χ1) is 12.3. The summed E-state index contributed by atoms with van der Waals surface area (Å²) in [6, 6.07) is 11.1. The normalized spacial score (nSPS) is 10.5. The van der Waals surface area contributed by atoms with Crippen molar-refractivity contribution in [2.45, 2.75) is 33.7 Å². The number of carbonyl (C=O) groups is 2. The van der Waals surface area contributed by atoms with Crippen LogP contribution in [-0.4, -0.2) is 18.4 Å². The van der Waals surface area contributed by atoms with Crippen molar-refractivity contribution in [3.8, 4) is 0 Å². The number of hydrogen-bond acceptors (Lipinski definition) is 2. The fourth-order valence-electron chi connectivity index (χ4n) is 2.78. The highest BCUT2D eigenvalue weighted by molar-refractivity contribution is 6.34. The van der Waals surface area contributed by atoms with Crippen LogP contribution in [0, 0.1) is 13.8 Å². The second-order valence-corrected chi connectivity index (χ2v) is 7.08. The van der Waals surface area contributed by atoms with E-state index >= 15 is 0 Å². The Bertz CT molecular complexity index is 781. The van der Waals surface area contributed by atoms with Gasteiger partial charge in [-0.2, -0.15) is 0 Å². The quantitative estimate of drug-likeness (QED) is 0.776. The fraction of sp³-hybridized carbons (Fsp3) is 0.300. The van der Waals surface area contributed by atoms with Crippen molar-refractivity contribution in [3.05, 3.63) is 63.1 Å². The van der Waals surface area contributed by atoms with Gasteiger partial charge in [0.05, 0.1) is 10.7 Å². The lowest BCUT2D eigenvalue weighted by Gasteiger charge is -2.24. The number of anilines is 1. The van der Waals surface area contributed by atoms with Crippen LogP contribution >= 0.6 is 23.2 Å². The summed E-state index contributed by atoms with van der Waals surface area (Å²) in [5.74, 6) is -0.281. The smallest absolute Gasteiger partial charge is 0.223 e. The van der Waals surface area contributed by atoms with Gasteiger partial charge in [0.1, 0.15) is 0 Å². The third-order valence-corrected chi connectivity index (χ3v) is 4.55. The molecule has 0 aliphatic carbocycles. The van der Waals surface area contributed by atoms with Gasteiger partial charge >= 0.3 is 0 Å². The first kappa shape index (κ1) is 20.3. The van der Waals surface area contributed by atoms with Crippen LogP contribution in [0.15, 0.2) is 36.4 Å². The molecule has 2 aromatic carbocycles. The maximum atomic E-state index is 12.2. The molecule has 0 saturated carbocycles. The van der Waals surface area contributed by atoms with Crippen LogP contribution in [0.5, 0.6) is 0 Å². The molecule has 26 heavy (non-hydrogen) atoms. The van der Waals surface area contributed by atoms with Crippen LogP contribution < -0.4 is 10.2 Å². The molecular weight excluding hydrogens is 371 g/mol. The van der Waals surface area contributed by atoms with Crippen molar-refractivity contribution in [3.63, 3.8) is 0 Å². The van der Waals surface area contributed by atoms with Crippen molar-refractivity contribution in [2.24, 2.45) is 0 Å². The van der Waals surface area contributed by atoms with E-state index < -0.39 is 0 Å². The Kier molecular flexibility index (Phi) is 7.06. The van der Waals surface area contributed by atoms with E-state index in [1.807, 2.05) is 38.1 Å². The van der Waals surface area contributed by atoms with Gasteiger partial charge in [0.15, 0.2) is 0 Å². The van der Waals surface area contributed by atoms with E-state index in [1.165, 1.54) is 6.92 Å². The number of hydrogen-bond donors (Lipinski definition) is 1. The van der Waals surface area contributed by atoms with Crippen LogP contribution in [0.3, 0.4) is 0 Å². The molecule has 0 atom stereocenters. The molecule has 0 aliphatic heterocycles. The van der Waals surface area contributed by atoms with Crippen LogP contribution in [-0.2, 0) is 16.1 Å². The van der Waals surface area contributed by atoms with Gasteiger partial charge in [0.25, 0.3) is 0 Å². The number of aryl methyl sites for hydroxylation is 2. The van der Waals surface area contributed by atoms with Gasteiger partial charge in [-0.25, -0.2) is 0 Å². The van der Waals surface area contributed by atoms with E-state index in [0.29, 0.717) is 22.3 Å². The average molecular weight is 393 g/mol. The minimum atomic E-state index is -0.149. The molecule has 0 radical (unpaired) electrons. The summed E-state index contributed by atoms with van der Waals surface area (Å²) in [4.78, 5) is 25.8. The molecule has 0 saturated heterocycles. The number of amides is 2. The molecule has 0 aromatic heterocycles. The van der Waals surface area contributed by atoms with Gasteiger partial charge in [-0.15, -0.1) is 0 Å². The molecule has 0 spiro atoms. The molecule has 0 fully saturated rings. The van der Waals surface area contributed by atoms with Crippen LogP contribution in [0.25, 0.3) is 0 Å². The Morgan fingerprint density at radius 1 is 1.08 bits per heavy atom. The molecule has 0 bridgehead atoms. The van der Waals surface area contributed by atoms with Crippen molar-refractivity contribution in [1.29, 1.82) is 0 Å². The number of carbonyl (C=O) groups excluding carboxylic acids is 2. The Balaban J connectivity index is 1.99. The topological polar surface area (TPSA) is 49.4 Å². The zero-order chi connectivity index (χ0) is 19.3. The first-order valence-corrected chi connectivity index (χ1v) is 9.09. The summed E-state index contributed by atoms with van der Waals surface area (Å²) in [5.41, 5.74) is 3.56. The Hall–Kier alpha value is -2.04. The number of benzene rings is 2. The monoisotopic (exact) mass is 392 g/mol. The maximum absolute atomic E-state index is 12.2. The molecule has 1 N–H and O–H groups in total. The van der Waals surface area contributed by atoms with E-state index in [1.54, 1.807) is 17.0 Å². The number of rotatable bonds is 6. The molecule has 6 heteroatoms. The second kappa shape index (κ2) is 9.06. The zero-order valence-electron chi connectivity index (χ0n) is 15.1. The van der Waals surface area contributed by atoms with Crippen LogP contribution in [0.4, 0.5) is 5.69 Å². The Labute approximate surface area is 164 Å². The third kappa shape index (κ3) is 5.48. The number of nitrogens with zero attached hydrogens (tertiary/aromatic N) is 1. The van der Waals surface area contributed by atoms with Crippen molar-refractivity contribution < 1.29 is 9.59 Å². The van der Waals surface area contributed by atoms with Gasteiger partial charge in [-0.3, -0.25) is 9.59 Å². The lowest BCUT2D eigenvalue weighted by atomic mass is 10.1. The lowest BCUT2D eigenvalue weighted by Crippen LogP contribution is -2.34. The second-order valence-electron chi connectivity index (χ2n) is 6.24.